The minimum atomic E-state index is -0.375. The van der Waals surface area contributed by atoms with E-state index in [0.717, 1.165) is 25.1 Å². The molecule has 2 amide bonds. The van der Waals surface area contributed by atoms with Crippen molar-refractivity contribution in [2.45, 2.75) is 25.8 Å². The summed E-state index contributed by atoms with van der Waals surface area (Å²) in [4.78, 5) is 33.5. The van der Waals surface area contributed by atoms with Crippen LogP contribution in [0, 0.1) is 17.2 Å². The number of rotatable bonds is 5. The van der Waals surface area contributed by atoms with Gasteiger partial charge in [-0.05, 0) is 48.2 Å². The average Bonchev–Trinajstić information content (AvgIpc) is 3.57. The number of hydrogen-bond donors (Lipinski definition) is 0. The second kappa shape index (κ2) is 8.31. The summed E-state index contributed by atoms with van der Waals surface area (Å²) in [7, 11) is 0. The highest BCUT2D eigenvalue weighted by molar-refractivity contribution is 6.05. The Morgan fingerprint density at radius 3 is 2.94 bits per heavy atom. The van der Waals surface area contributed by atoms with Crippen molar-refractivity contribution in [3.63, 3.8) is 0 Å². The van der Waals surface area contributed by atoms with Crippen molar-refractivity contribution in [3.8, 4) is 6.07 Å². The molecule has 32 heavy (non-hydrogen) atoms. The van der Waals surface area contributed by atoms with Gasteiger partial charge >= 0.3 is 0 Å². The number of fused-ring (bicyclic) bond motifs is 1. The van der Waals surface area contributed by atoms with Crippen LogP contribution in [0.15, 0.2) is 61.2 Å². The summed E-state index contributed by atoms with van der Waals surface area (Å²) >= 11 is 0. The molecule has 2 aliphatic heterocycles. The minimum absolute atomic E-state index is 0.00204. The zero-order valence-electron chi connectivity index (χ0n) is 17.6. The first kappa shape index (κ1) is 20.0. The first-order chi connectivity index (χ1) is 15.6. The minimum Gasteiger partial charge on any atom is -0.337 e. The molecule has 0 saturated carbocycles. The molecule has 0 bridgehead atoms. The maximum atomic E-state index is 13.3. The molecule has 1 unspecified atom stereocenters. The number of aromatic nitrogens is 2. The third-order valence-electron chi connectivity index (χ3n) is 6.28. The molecule has 1 aromatic heterocycles. The van der Waals surface area contributed by atoms with Gasteiger partial charge in [0.1, 0.15) is 0 Å². The molecule has 160 valence electrons. The Kier molecular flexibility index (Phi) is 5.20. The van der Waals surface area contributed by atoms with Crippen molar-refractivity contribution in [3.05, 3.63) is 77.9 Å². The maximum Gasteiger partial charge on any atom is 0.232 e. The van der Waals surface area contributed by atoms with E-state index in [1.807, 2.05) is 29.6 Å². The van der Waals surface area contributed by atoms with Gasteiger partial charge in [-0.25, -0.2) is 4.98 Å². The van der Waals surface area contributed by atoms with Crippen LogP contribution < -0.4 is 9.80 Å². The predicted octanol–water partition coefficient (Wildman–Crippen LogP) is 2.94. The summed E-state index contributed by atoms with van der Waals surface area (Å²) < 4.78 is 2.05. The normalized spacial score (nSPS) is 17.5. The zero-order valence-corrected chi connectivity index (χ0v) is 17.6. The largest absolute Gasteiger partial charge is 0.337 e. The summed E-state index contributed by atoms with van der Waals surface area (Å²) in [5.41, 5.74) is 4.56. The number of amides is 2. The fraction of sp³-hybridized carbons (Fsp3) is 0.280. The smallest absolute Gasteiger partial charge is 0.232 e. The summed E-state index contributed by atoms with van der Waals surface area (Å²) in [6.07, 6.45) is 7.48. The van der Waals surface area contributed by atoms with E-state index in [2.05, 4.69) is 27.8 Å². The summed E-state index contributed by atoms with van der Waals surface area (Å²) in [5.74, 6) is -0.449. The van der Waals surface area contributed by atoms with Gasteiger partial charge in [0.05, 0.1) is 23.9 Å². The molecule has 1 fully saturated rings. The lowest BCUT2D eigenvalue weighted by atomic mass is 10.0. The van der Waals surface area contributed by atoms with Gasteiger partial charge < -0.3 is 14.4 Å². The topological polar surface area (TPSA) is 82.2 Å². The first-order valence-electron chi connectivity index (χ1n) is 10.8. The first-order valence-corrected chi connectivity index (χ1v) is 10.8. The van der Waals surface area contributed by atoms with Gasteiger partial charge in [-0.3, -0.25) is 9.59 Å². The van der Waals surface area contributed by atoms with Gasteiger partial charge in [0, 0.05) is 49.8 Å². The van der Waals surface area contributed by atoms with E-state index in [-0.39, 0.29) is 24.2 Å². The number of carbonyl (C=O) groups excluding carboxylic acids is 2. The van der Waals surface area contributed by atoms with E-state index in [0.29, 0.717) is 24.3 Å². The SMILES string of the molecule is N#Cc1cccc(N2CC(C(=O)N3CCc4cc(CCn5ccnc5)ccc43)CC2=O)c1. The molecule has 1 atom stereocenters. The molecule has 0 aliphatic carbocycles. The summed E-state index contributed by atoms with van der Waals surface area (Å²) in [6.45, 7) is 1.86. The van der Waals surface area contributed by atoms with Crippen LogP contribution in [0.3, 0.4) is 0 Å². The molecule has 7 heteroatoms. The molecule has 2 aromatic carbocycles. The van der Waals surface area contributed by atoms with Crippen molar-refractivity contribution < 1.29 is 9.59 Å². The summed E-state index contributed by atoms with van der Waals surface area (Å²) in [5, 5.41) is 9.13. The number of benzene rings is 2. The maximum absolute atomic E-state index is 13.3. The molecule has 2 aliphatic rings. The van der Waals surface area contributed by atoms with Crippen LogP contribution in [-0.2, 0) is 29.0 Å². The summed E-state index contributed by atoms with van der Waals surface area (Å²) in [6, 6.07) is 15.4. The Hall–Kier alpha value is -3.92. The molecule has 5 rings (SSSR count). The molecular weight excluding hydrogens is 402 g/mol. The van der Waals surface area contributed by atoms with E-state index in [9.17, 15) is 9.59 Å². The molecule has 7 nitrogen and oxygen atoms in total. The lowest BCUT2D eigenvalue weighted by molar-refractivity contribution is -0.124. The van der Waals surface area contributed by atoms with E-state index >= 15 is 0 Å². The van der Waals surface area contributed by atoms with Crippen molar-refractivity contribution in [2.24, 2.45) is 5.92 Å². The van der Waals surface area contributed by atoms with Crippen LogP contribution in [-0.4, -0.2) is 34.5 Å². The number of carbonyl (C=O) groups is 2. The zero-order chi connectivity index (χ0) is 22.1. The van der Waals surface area contributed by atoms with E-state index in [1.54, 1.807) is 29.3 Å². The van der Waals surface area contributed by atoms with Crippen LogP contribution in [0.5, 0.6) is 0 Å². The van der Waals surface area contributed by atoms with Gasteiger partial charge in [-0.2, -0.15) is 5.26 Å². The van der Waals surface area contributed by atoms with Crippen LogP contribution in [0.25, 0.3) is 0 Å². The second-order valence-corrected chi connectivity index (χ2v) is 8.32. The fourth-order valence-electron chi connectivity index (χ4n) is 4.60. The molecular formula is C25H23N5O2. The molecule has 3 aromatic rings. The van der Waals surface area contributed by atoms with E-state index in [4.69, 9.17) is 5.26 Å². The molecule has 0 radical (unpaired) electrons. The van der Waals surface area contributed by atoms with Crippen LogP contribution in [0.1, 0.15) is 23.1 Å². The third-order valence-corrected chi connectivity index (χ3v) is 6.28. The van der Waals surface area contributed by atoms with Crippen LogP contribution in [0.2, 0.25) is 0 Å². The standard InChI is InChI=1S/C25H23N5O2/c26-15-19-2-1-3-22(13-19)30-16-21(14-24(30)31)25(32)29-10-7-20-12-18(4-5-23(20)29)6-9-28-11-8-27-17-28/h1-5,8,11-13,17,21H,6-7,9-10,14,16H2. The highest BCUT2D eigenvalue weighted by Crippen LogP contribution is 2.33. The number of aryl methyl sites for hydroxylation is 2. The third kappa shape index (κ3) is 3.76. The van der Waals surface area contributed by atoms with Crippen molar-refractivity contribution >= 4 is 23.2 Å². The van der Waals surface area contributed by atoms with Crippen LogP contribution >= 0.6 is 0 Å². The van der Waals surface area contributed by atoms with Gasteiger partial charge in [-0.15, -0.1) is 0 Å². The quantitative estimate of drug-likeness (QED) is 0.629. The van der Waals surface area contributed by atoms with Crippen molar-refractivity contribution in [1.29, 1.82) is 5.26 Å². The number of nitriles is 1. The Morgan fingerprint density at radius 1 is 1.22 bits per heavy atom. The predicted molar refractivity (Wildman–Crippen MR) is 120 cm³/mol. The van der Waals surface area contributed by atoms with Gasteiger partial charge in [0.2, 0.25) is 11.8 Å². The monoisotopic (exact) mass is 425 g/mol. The second-order valence-electron chi connectivity index (χ2n) is 8.32. The Balaban J connectivity index is 1.28. The lowest BCUT2D eigenvalue weighted by Crippen LogP contribution is -2.36. The molecule has 0 spiro atoms. The van der Waals surface area contributed by atoms with Crippen LogP contribution in [0.4, 0.5) is 11.4 Å². The Bertz CT molecular complexity index is 1210. The Labute approximate surface area is 186 Å². The number of anilines is 2. The number of imidazole rings is 1. The fourth-order valence-corrected chi connectivity index (χ4v) is 4.60. The number of nitrogens with zero attached hydrogens (tertiary/aromatic N) is 5. The Morgan fingerprint density at radius 2 is 2.12 bits per heavy atom. The highest BCUT2D eigenvalue weighted by Gasteiger charge is 2.39. The molecule has 1 saturated heterocycles. The van der Waals surface area contributed by atoms with Gasteiger partial charge in [-0.1, -0.05) is 18.2 Å². The van der Waals surface area contributed by atoms with E-state index in [1.165, 1.54) is 11.1 Å². The molecule has 0 N–H and O–H groups in total. The highest BCUT2D eigenvalue weighted by atomic mass is 16.2. The molecule has 3 heterocycles. The van der Waals surface area contributed by atoms with Crippen molar-refractivity contribution in [1.82, 2.24) is 9.55 Å². The van der Waals surface area contributed by atoms with Gasteiger partial charge in [0.25, 0.3) is 0 Å². The lowest BCUT2D eigenvalue weighted by Gasteiger charge is -2.22. The van der Waals surface area contributed by atoms with Gasteiger partial charge in [0.15, 0.2) is 0 Å². The van der Waals surface area contributed by atoms with Crippen molar-refractivity contribution in [2.75, 3.05) is 22.9 Å². The number of hydrogen-bond acceptors (Lipinski definition) is 4. The van der Waals surface area contributed by atoms with E-state index < -0.39 is 0 Å². The average molecular weight is 425 g/mol.